The Morgan fingerprint density at radius 3 is 2.84 bits per heavy atom. The molecule has 2 heterocycles. The molecule has 2 aliphatic carbocycles. The number of nitrogens with zero attached hydrogens (tertiary/aromatic N) is 2. The predicted octanol–water partition coefficient (Wildman–Crippen LogP) is 2.84. The monoisotopic (exact) mass is 259 g/mol. The first-order valence-corrected chi connectivity index (χ1v) is 8.12. The normalized spacial score (nSPS) is 30.6. The second-order valence-corrected chi connectivity index (χ2v) is 6.86. The third-order valence-corrected chi connectivity index (χ3v) is 5.43. The maximum absolute atomic E-state index is 5.04. The van der Waals surface area contributed by atoms with Crippen LogP contribution in [0.5, 0.6) is 0 Å². The number of fused-ring (bicyclic) bond motifs is 1. The van der Waals surface area contributed by atoms with E-state index in [-0.39, 0.29) is 0 Å². The van der Waals surface area contributed by atoms with Crippen LogP contribution in [0.25, 0.3) is 0 Å². The number of hydrogen-bond donors (Lipinski definition) is 1. The molecule has 0 amide bonds. The minimum Gasteiger partial charge on any atom is -0.331 e. The van der Waals surface area contributed by atoms with Crippen molar-refractivity contribution in [2.24, 2.45) is 11.8 Å². The Morgan fingerprint density at radius 1 is 1.32 bits per heavy atom. The van der Waals surface area contributed by atoms with E-state index in [4.69, 9.17) is 4.98 Å². The predicted molar refractivity (Wildman–Crippen MR) is 76.1 cm³/mol. The molecule has 19 heavy (non-hydrogen) atoms. The number of aromatic nitrogens is 2. The highest BCUT2D eigenvalue weighted by molar-refractivity contribution is 5.23. The number of hydrogen-bond acceptors (Lipinski definition) is 2. The molecule has 0 spiro atoms. The second kappa shape index (κ2) is 4.62. The summed E-state index contributed by atoms with van der Waals surface area (Å²) in [6.45, 7) is 5.76. The molecule has 0 radical (unpaired) electrons. The molecule has 1 aromatic rings. The number of imidazole rings is 1. The van der Waals surface area contributed by atoms with E-state index in [1.54, 1.807) is 5.69 Å². The fourth-order valence-electron chi connectivity index (χ4n) is 3.98. The molecule has 1 N–H and O–H groups in total. The van der Waals surface area contributed by atoms with Crippen LogP contribution >= 0.6 is 0 Å². The molecule has 104 valence electrons. The van der Waals surface area contributed by atoms with Crippen molar-refractivity contribution < 1.29 is 0 Å². The van der Waals surface area contributed by atoms with E-state index in [9.17, 15) is 0 Å². The van der Waals surface area contributed by atoms with Gasteiger partial charge in [0.1, 0.15) is 5.82 Å². The van der Waals surface area contributed by atoms with Crippen LogP contribution in [0.4, 0.5) is 0 Å². The van der Waals surface area contributed by atoms with Gasteiger partial charge >= 0.3 is 0 Å². The fraction of sp³-hybridized carbons (Fsp3) is 0.812. The zero-order chi connectivity index (χ0) is 12.8. The van der Waals surface area contributed by atoms with Crippen LogP contribution in [0.3, 0.4) is 0 Å². The Morgan fingerprint density at radius 2 is 2.11 bits per heavy atom. The lowest BCUT2D eigenvalue weighted by molar-refractivity contribution is 0.511. The minimum atomic E-state index is 0.750. The van der Waals surface area contributed by atoms with E-state index < -0.39 is 0 Å². The highest BCUT2D eigenvalue weighted by Gasteiger charge is 2.35. The topological polar surface area (TPSA) is 29.9 Å². The fourth-order valence-corrected chi connectivity index (χ4v) is 3.98. The summed E-state index contributed by atoms with van der Waals surface area (Å²) in [6.07, 6.45) is 8.14. The third-order valence-electron chi connectivity index (χ3n) is 5.43. The molecule has 1 aromatic heterocycles. The quantitative estimate of drug-likeness (QED) is 0.904. The van der Waals surface area contributed by atoms with Gasteiger partial charge in [-0.15, -0.1) is 0 Å². The van der Waals surface area contributed by atoms with Crippen LogP contribution in [0.2, 0.25) is 0 Å². The van der Waals surface area contributed by atoms with Crippen molar-refractivity contribution in [1.82, 2.24) is 14.9 Å². The molecule has 2 fully saturated rings. The van der Waals surface area contributed by atoms with Crippen molar-refractivity contribution in [3.8, 4) is 0 Å². The molecule has 3 aliphatic rings. The van der Waals surface area contributed by atoms with Gasteiger partial charge < -0.3 is 9.88 Å². The first kappa shape index (κ1) is 12.0. The molecule has 3 nitrogen and oxygen atoms in total. The molecule has 0 aromatic carbocycles. The standard InChI is InChI=1S/C16H25N3/c1-11-8-13(11)10-19-15-6-7-17-9-14(15)18-16(19)12-4-2-3-5-12/h11-13,17H,2-10H2,1H3. The molecule has 2 atom stereocenters. The van der Waals surface area contributed by atoms with Gasteiger partial charge in [-0.05, 0) is 31.1 Å². The van der Waals surface area contributed by atoms with Crippen LogP contribution in [0.15, 0.2) is 0 Å². The van der Waals surface area contributed by atoms with Crippen LogP contribution in [-0.4, -0.2) is 16.1 Å². The molecular weight excluding hydrogens is 234 g/mol. The van der Waals surface area contributed by atoms with Gasteiger partial charge in [0.05, 0.1) is 5.69 Å². The lowest BCUT2D eigenvalue weighted by atomic mass is 10.1. The van der Waals surface area contributed by atoms with Crippen molar-refractivity contribution in [1.29, 1.82) is 0 Å². The molecular formula is C16H25N3. The zero-order valence-corrected chi connectivity index (χ0v) is 12.0. The van der Waals surface area contributed by atoms with Crippen molar-refractivity contribution in [3.05, 3.63) is 17.2 Å². The smallest absolute Gasteiger partial charge is 0.112 e. The van der Waals surface area contributed by atoms with Gasteiger partial charge in [0.2, 0.25) is 0 Å². The molecule has 4 rings (SSSR count). The zero-order valence-electron chi connectivity index (χ0n) is 12.0. The van der Waals surface area contributed by atoms with Crippen LogP contribution in [-0.2, 0) is 19.5 Å². The van der Waals surface area contributed by atoms with Gasteiger partial charge in [0.15, 0.2) is 0 Å². The van der Waals surface area contributed by atoms with E-state index in [2.05, 4.69) is 16.8 Å². The lowest BCUT2D eigenvalue weighted by Crippen LogP contribution is -2.25. The van der Waals surface area contributed by atoms with Crippen molar-refractivity contribution >= 4 is 0 Å². The SMILES string of the molecule is CC1CC1Cn1c(C2CCCC2)nc2c1CCNC2. The summed E-state index contributed by atoms with van der Waals surface area (Å²) >= 11 is 0. The molecule has 0 saturated heterocycles. The largest absolute Gasteiger partial charge is 0.331 e. The highest BCUT2D eigenvalue weighted by Crippen LogP contribution is 2.41. The van der Waals surface area contributed by atoms with E-state index >= 15 is 0 Å². The van der Waals surface area contributed by atoms with E-state index in [1.807, 2.05) is 0 Å². The third kappa shape index (κ3) is 2.12. The molecule has 0 bridgehead atoms. The van der Waals surface area contributed by atoms with Crippen molar-refractivity contribution in [3.63, 3.8) is 0 Å². The van der Waals surface area contributed by atoms with Crippen LogP contribution in [0, 0.1) is 11.8 Å². The average molecular weight is 259 g/mol. The number of nitrogens with one attached hydrogen (secondary N) is 1. The minimum absolute atomic E-state index is 0.750. The summed E-state index contributed by atoms with van der Waals surface area (Å²) in [5.41, 5.74) is 2.90. The maximum Gasteiger partial charge on any atom is 0.112 e. The first-order valence-electron chi connectivity index (χ1n) is 8.12. The van der Waals surface area contributed by atoms with Crippen LogP contribution < -0.4 is 5.32 Å². The lowest BCUT2D eigenvalue weighted by Gasteiger charge is -2.18. The Labute approximate surface area is 115 Å². The summed E-state index contributed by atoms with van der Waals surface area (Å²) < 4.78 is 2.64. The van der Waals surface area contributed by atoms with E-state index in [0.717, 1.165) is 30.8 Å². The maximum atomic E-state index is 5.04. The Kier molecular flexibility index (Phi) is 2.91. The highest BCUT2D eigenvalue weighted by atomic mass is 15.1. The van der Waals surface area contributed by atoms with E-state index in [0.29, 0.717) is 0 Å². The van der Waals surface area contributed by atoms with E-state index in [1.165, 1.54) is 56.6 Å². The second-order valence-electron chi connectivity index (χ2n) is 6.86. The summed E-state index contributed by atoms with van der Waals surface area (Å²) in [7, 11) is 0. The first-order chi connectivity index (χ1) is 9.33. The number of rotatable bonds is 3. The van der Waals surface area contributed by atoms with Gasteiger partial charge in [-0.25, -0.2) is 4.98 Å². The Balaban J connectivity index is 1.68. The molecule has 1 aliphatic heterocycles. The Hall–Kier alpha value is -0.830. The average Bonchev–Trinajstić information content (AvgIpc) is 2.87. The summed E-state index contributed by atoms with van der Waals surface area (Å²) in [5.74, 6) is 4.05. The molecule has 2 unspecified atom stereocenters. The summed E-state index contributed by atoms with van der Waals surface area (Å²) in [5, 5.41) is 3.47. The van der Waals surface area contributed by atoms with Crippen molar-refractivity contribution in [2.75, 3.05) is 6.54 Å². The van der Waals surface area contributed by atoms with Gasteiger partial charge in [-0.3, -0.25) is 0 Å². The Bertz CT molecular complexity index is 471. The van der Waals surface area contributed by atoms with Crippen LogP contribution in [0.1, 0.15) is 62.2 Å². The van der Waals surface area contributed by atoms with Gasteiger partial charge in [-0.1, -0.05) is 19.8 Å². The summed E-state index contributed by atoms with van der Waals surface area (Å²) in [4.78, 5) is 5.04. The summed E-state index contributed by atoms with van der Waals surface area (Å²) in [6, 6.07) is 0. The van der Waals surface area contributed by atoms with Gasteiger partial charge in [-0.2, -0.15) is 0 Å². The van der Waals surface area contributed by atoms with Gasteiger partial charge in [0, 0.05) is 37.7 Å². The van der Waals surface area contributed by atoms with Crippen molar-refractivity contribution in [2.45, 2.75) is 64.5 Å². The van der Waals surface area contributed by atoms with Gasteiger partial charge in [0.25, 0.3) is 0 Å². The molecule has 2 saturated carbocycles. The molecule has 3 heteroatoms.